The first-order chi connectivity index (χ1) is 12.2. The molecule has 0 N–H and O–H groups in total. The van der Waals surface area contributed by atoms with Crippen LogP contribution in [-0.4, -0.2) is 38.6 Å². The van der Waals surface area contributed by atoms with Gasteiger partial charge in [-0.15, -0.1) is 0 Å². The van der Waals surface area contributed by atoms with Crippen LogP contribution < -0.4 is 0 Å². The average Bonchev–Trinajstić information content (AvgIpc) is 3.34. The van der Waals surface area contributed by atoms with E-state index < -0.39 is 0 Å². The predicted molar refractivity (Wildman–Crippen MR) is 93.1 cm³/mol. The van der Waals surface area contributed by atoms with Gasteiger partial charge in [0, 0.05) is 37.1 Å². The van der Waals surface area contributed by atoms with Crippen molar-refractivity contribution in [3.63, 3.8) is 0 Å². The molecule has 1 fully saturated rings. The second kappa shape index (κ2) is 6.55. The molecule has 1 atom stereocenters. The first-order valence-corrected chi connectivity index (χ1v) is 8.51. The van der Waals surface area contributed by atoms with Crippen molar-refractivity contribution in [1.29, 1.82) is 0 Å². The number of likely N-dealkylation sites (tertiary alicyclic amines) is 1. The monoisotopic (exact) mass is 336 g/mol. The summed E-state index contributed by atoms with van der Waals surface area (Å²) in [6, 6.07) is 10.0. The minimum atomic E-state index is -0.101. The maximum absolute atomic E-state index is 12.8. The minimum Gasteiger partial charge on any atom is -0.350 e. The van der Waals surface area contributed by atoms with Gasteiger partial charge in [0.1, 0.15) is 5.69 Å². The molecule has 0 radical (unpaired) electrons. The molecule has 1 aliphatic rings. The van der Waals surface area contributed by atoms with Crippen LogP contribution in [0.1, 0.15) is 35.0 Å². The van der Waals surface area contributed by atoms with Gasteiger partial charge in [0.2, 0.25) is 5.76 Å². The van der Waals surface area contributed by atoms with Gasteiger partial charge in [0.15, 0.2) is 0 Å². The Morgan fingerprint density at radius 2 is 2.12 bits per heavy atom. The predicted octanol–water partition coefficient (Wildman–Crippen LogP) is 3.32. The zero-order valence-electron chi connectivity index (χ0n) is 14.1. The maximum atomic E-state index is 12.8. The van der Waals surface area contributed by atoms with Gasteiger partial charge in [-0.05, 0) is 19.8 Å². The molecule has 1 saturated heterocycles. The van der Waals surface area contributed by atoms with Crippen LogP contribution in [0.3, 0.4) is 0 Å². The minimum absolute atomic E-state index is 0.101. The summed E-state index contributed by atoms with van der Waals surface area (Å²) in [5, 5.41) is 4.06. The fourth-order valence-electron chi connectivity index (χ4n) is 3.26. The third-order valence-corrected chi connectivity index (χ3v) is 4.70. The first-order valence-electron chi connectivity index (χ1n) is 8.51. The Balaban J connectivity index is 1.50. The number of benzene rings is 1. The molecule has 25 heavy (non-hydrogen) atoms. The summed E-state index contributed by atoms with van der Waals surface area (Å²) in [5.41, 5.74) is 2.82. The van der Waals surface area contributed by atoms with E-state index in [4.69, 9.17) is 4.52 Å². The van der Waals surface area contributed by atoms with Crippen molar-refractivity contribution in [1.82, 2.24) is 19.6 Å². The average molecular weight is 336 g/mol. The van der Waals surface area contributed by atoms with Crippen molar-refractivity contribution in [2.24, 2.45) is 0 Å². The number of hydrogen-bond donors (Lipinski definition) is 0. The van der Waals surface area contributed by atoms with E-state index in [2.05, 4.69) is 14.7 Å². The number of aromatic nitrogens is 3. The molecule has 4 rings (SSSR count). The zero-order chi connectivity index (χ0) is 17.2. The maximum Gasteiger partial charge on any atom is 0.292 e. The summed E-state index contributed by atoms with van der Waals surface area (Å²) in [6.07, 6.45) is 7.54. The highest BCUT2D eigenvalue weighted by atomic mass is 16.5. The fraction of sp³-hybridized carbons (Fsp3) is 0.316. The molecule has 6 nitrogen and oxygen atoms in total. The quantitative estimate of drug-likeness (QED) is 0.736. The highest BCUT2D eigenvalue weighted by molar-refractivity contribution is 5.92. The lowest BCUT2D eigenvalue weighted by atomic mass is 10.1. The van der Waals surface area contributed by atoms with Crippen LogP contribution in [0.15, 0.2) is 53.6 Å². The molecule has 1 amide bonds. The van der Waals surface area contributed by atoms with E-state index in [1.165, 1.54) is 5.56 Å². The van der Waals surface area contributed by atoms with Gasteiger partial charge in [-0.1, -0.05) is 35.0 Å². The molecule has 2 aromatic heterocycles. The van der Waals surface area contributed by atoms with E-state index in [1.807, 2.05) is 48.6 Å². The van der Waals surface area contributed by atoms with Crippen molar-refractivity contribution in [2.45, 2.75) is 25.8 Å². The zero-order valence-corrected chi connectivity index (χ0v) is 14.1. The van der Waals surface area contributed by atoms with Crippen LogP contribution in [0, 0.1) is 6.92 Å². The van der Waals surface area contributed by atoms with Gasteiger partial charge in [0.05, 0.1) is 12.4 Å². The van der Waals surface area contributed by atoms with Crippen molar-refractivity contribution >= 4 is 5.91 Å². The van der Waals surface area contributed by atoms with Crippen LogP contribution in [0.25, 0.3) is 11.3 Å². The van der Waals surface area contributed by atoms with Crippen LogP contribution in [0.5, 0.6) is 0 Å². The van der Waals surface area contributed by atoms with Gasteiger partial charge < -0.3 is 14.0 Å². The molecule has 3 aromatic rings. The molecule has 1 aliphatic heterocycles. The molecule has 0 aliphatic carbocycles. The van der Waals surface area contributed by atoms with Gasteiger partial charge in [0.25, 0.3) is 5.91 Å². The largest absolute Gasteiger partial charge is 0.350 e. The lowest BCUT2D eigenvalue weighted by molar-refractivity contribution is 0.0638. The van der Waals surface area contributed by atoms with Gasteiger partial charge in [-0.3, -0.25) is 4.79 Å². The number of rotatable bonds is 3. The Hall–Kier alpha value is -2.89. The molecule has 6 heteroatoms. The number of carbonyl (C=O) groups is 1. The molecule has 0 unspecified atom stereocenters. The van der Waals surface area contributed by atoms with Crippen LogP contribution in [0.2, 0.25) is 0 Å². The molecule has 3 heterocycles. The molecule has 0 bridgehead atoms. The Kier molecular flexibility index (Phi) is 4.09. The first kappa shape index (κ1) is 15.6. The summed E-state index contributed by atoms with van der Waals surface area (Å²) in [7, 11) is 0. The molecule has 0 saturated carbocycles. The van der Waals surface area contributed by atoms with Gasteiger partial charge >= 0.3 is 0 Å². The van der Waals surface area contributed by atoms with Crippen LogP contribution in [-0.2, 0) is 0 Å². The van der Waals surface area contributed by atoms with Gasteiger partial charge in [-0.2, -0.15) is 0 Å². The lowest BCUT2D eigenvalue weighted by Crippen LogP contribution is -2.40. The SMILES string of the molecule is Cc1ccc(-c2cc(C(=O)N3CCC[C@@H](n4ccnc4)C3)on2)cc1. The topological polar surface area (TPSA) is 64.2 Å². The summed E-state index contributed by atoms with van der Waals surface area (Å²) >= 11 is 0. The standard InChI is InChI=1S/C19H20N4O2/c1-14-4-6-15(7-5-14)17-11-18(25-21-17)19(24)22-9-2-3-16(12-22)23-10-8-20-13-23/h4-8,10-11,13,16H,2-3,9,12H2,1H3/t16-/m1/s1. The van der Waals surface area contributed by atoms with E-state index >= 15 is 0 Å². The molecule has 128 valence electrons. The number of piperidine rings is 1. The summed E-state index contributed by atoms with van der Waals surface area (Å²) in [4.78, 5) is 18.7. The Morgan fingerprint density at radius 1 is 1.28 bits per heavy atom. The second-order valence-electron chi connectivity index (χ2n) is 6.50. The Bertz CT molecular complexity index is 852. The van der Waals surface area contributed by atoms with E-state index in [-0.39, 0.29) is 11.9 Å². The number of aryl methyl sites for hydroxylation is 1. The Morgan fingerprint density at radius 3 is 2.88 bits per heavy atom. The number of hydrogen-bond acceptors (Lipinski definition) is 4. The van der Waals surface area contributed by atoms with Crippen molar-refractivity contribution in [3.8, 4) is 11.3 Å². The van der Waals surface area contributed by atoms with E-state index in [0.29, 0.717) is 18.0 Å². The molecular formula is C19H20N4O2. The van der Waals surface area contributed by atoms with E-state index in [1.54, 1.807) is 12.3 Å². The van der Waals surface area contributed by atoms with Crippen molar-refractivity contribution in [2.75, 3.05) is 13.1 Å². The molecule has 0 spiro atoms. The fourth-order valence-corrected chi connectivity index (χ4v) is 3.26. The van der Waals surface area contributed by atoms with Crippen molar-refractivity contribution < 1.29 is 9.32 Å². The number of nitrogens with zero attached hydrogens (tertiary/aromatic N) is 4. The van der Waals surface area contributed by atoms with E-state index in [0.717, 1.165) is 24.9 Å². The summed E-state index contributed by atoms with van der Waals surface area (Å²) in [5.74, 6) is 0.192. The second-order valence-corrected chi connectivity index (χ2v) is 6.50. The molecular weight excluding hydrogens is 316 g/mol. The summed E-state index contributed by atoms with van der Waals surface area (Å²) in [6.45, 7) is 3.44. The third kappa shape index (κ3) is 3.20. The highest BCUT2D eigenvalue weighted by Gasteiger charge is 2.27. The highest BCUT2D eigenvalue weighted by Crippen LogP contribution is 2.24. The lowest BCUT2D eigenvalue weighted by Gasteiger charge is -2.32. The van der Waals surface area contributed by atoms with Crippen LogP contribution >= 0.6 is 0 Å². The van der Waals surface area contributed by atoms with Crippen molar-refractivity contribution in [3.05, 3.63) is 60.4 Å². The molecule has 1 aromatic carbocycles. The Labute approximate surface area is 146 Å². The van der Waals surface area contributed by atoms with Crippen LogP contribution in [0.4, 0.5) is 0 Å². The smallest absolute Gasteiger partial charge is 0.292 e. The number of amides is 1. The number of carbonyl (C=O) groups excluding carboxylic acids is 1. The normalized spacial score (nSPS) is 17.6. The summed E-state index contributed by atoms with van der Waals surface area (Å²) < 4.78 is 7.40. The third-order valence-electron chi connectivity index (χ3n) is 4.70. The number of imidazole rings is 1. The van der Waals surface area contributed by atoms with E-state index in [9.17, 15) is 4.79 Å². The van der Waals surface area contributed by atoms with Gasteiger partial charge in [-0.25, -0.2) is 4.98 Å².